The van der Waals surface area contributed by atoms with Crippen molar-refractivity contribution in [3.63, 3.8) is 0 Å². The third-order valence-electron chi connectivity index (χ3n) is 20.6. The van der Waals surface area contributed by atoms with E-state index in [-0.39, 0.29) is 28.1 Å². The summed E-state index contributed by atoms with van der Waals surface area (Å²) in [5.41, 5.74) is 0.730. The number of ketones is 2. The van der Waals surface area contributed by atoms with E-state index in [0.29, 0.717) is 70.7 Å². The van der Waals surface area contributed by atoms with Crippen LogP contribution < -0.4 is 0 Å². The highest BCUT2D eigenvalue weighted by Crippen LogP contribution is 2.76. The fraction of sp³-hybridized carbons (Fsp3) is 0.920. The minimum atomic E-state index is -0.592. The summed E-state index contributed by atoms with van der Waals surface area (Å²) in [4.78, 5) is 51.4. The molecule has 0 aliphatic heterocycles. The topological polar surface area (TPSA) is 109 Å². The van der Waals surface area contributed by atoms with Crippen LogP contribution in [0, 0.1) is 79.8 Å². The predicted molar refractivity (Wildman–Crippen MR) is 220 cm³/mol. The molecule has 6 nitrogen and oxygen atoms in total. The van der Waals surface area contributed by atoms with E-state index in [9.17, 15) is 29.4 Å². The molecule has 0 aromatic heterocycles. The van der Waals surface area contributed by atoms with Crippen LogP contribution in [0.2, 0.25) is 0 Å². The van der Waals surface area contributed by atoms with Crippen LogP contribution in [0.5, 0.6) is 0 Å². The molecule has 0 heterocycles. The van der Waals surface area contributed by atoms with E-state index in [0.717, 1.165) is 96.3 Å². The first-order chi connectivity index (χ1) is 26.6. The van der Waals surface area contributed by atoms with Gasteiger partial charge in [-0.2, -0.15) is 0 Å². The van der Waals surface area contributed by atoms with Crippen LogP contribution in [0.1, 0.15) is 207 Å². The molecule has 8 saturated carbocycles. The van der Waals surface area contributed by atoms with Gasteiger partial charge in [0, 0.05) is 25.7 Å². The van der Waals surface area contributed by atoms with Gasteiger partial charge in [-0.05, 0) is 191 Å². The molecule has 6 heteroatoms. The smallest absolute Gasteiger partial charge is 0.309 e. The lowest BCUT2D eigenvalue weighted by Crippen LogP contribution is -2.58. The highest BCUT2D eigenvalue weighted by molar-refractivity contribution is 5.79. The molecule has 0 radical (unpaired) electrons. The predicted octanol–water partition coefficient (Wildman–Crippen LogP) is 12.3. The maximum absolute atomic E-state index is 13.4. The van der Waals surface area contributed by atoms with E-state index in [4.69, 9.17) is 0 Å². The second kappa shape index (κ2) is 15.1. The fourth-order valence-corrected chi connectivity index (χ4v) is 18.0. The average Bonchev–Trinajstić information content (AvgIpc) is 3.47. The number of hydrogen-bond donors (Lipinski definition) is 2. The molecule has 8 aliphatic carbocycles. The summed E-state index contributed by atoms with van der Waals surface area (Å²) in [6.45, 7) is 9.45. The maximum atomic E-state index is 13.4. The summed E-state index contributed by atoms with van der Waals surface area (Å²) in [6.07, 6.45) is 29.9. The monoisotopic (exact) mass is 775 g/mol. The van der Waals surface area contributed by atoms with Crippen molar-refractivity contribution in [1.29, 1.82) is 0 Å². The molecular weight excluding hydrogens is 697 g/mol. The lowest BCUT2D eigenvalue weighted by Gasteiger charge is -2.64. The molecule has 2 N–H and O–H groups in total. The molecule has 14 atom stereocenters. The van der Waals surface area contributed by atoms with Crippen molar-refractivity contribution < 1.29 is 29.4 Å². The number of rotatable bonds is 15. The van der Waals surface area contributed by atoms with Crippen LogP contribution in [-0.2, 0) is 19.2 Å². The van der Waals surface area contributed by atoms with E-state index in [1.807, 2.05) is 6.92 Å². The van der Waals surface area contributed by atoms with Crippen LogP contribution in [0.4, 0.5) is 0 Å². The van der Waals surface area contributed by atoms with Gasteiger partial charge in [0.1, 0.15) is 11.6 Å². The molecular formula is C50H78O6. The Morgan fingerprint density at radius 3 is 1.77 bits per heavy atom. The molecule has 8 aliphatic rings. The molecule has 8 rings (SSSR count). The Labute approximate surface area is 339 Å². The van der Waals surface area contributed by atoms with Crippen molar-refractivity contribution in [2.75, 3.05) is 0 Å². The van der Waals surface area contributed by atoms with Gasteiger partial charge in [-0.15, -0.1) is 0 Å². The molecule has 0 unspecified atom stereocenters. The summed E-state index contributed by atoms with van der Waals surface area (Å²) >= 11 is 0. The summed E-state index contributed by atoms with van der Waals surface area (Å²) in [7, 11) is 0. The van der Waals surface area contributed by atoms with Gasteiger partial charge in [0.05, 0.1) is 11.3 Å². The summed E-state index contributed by atoms with van der Waals surface area (Å²) in [5.74, 6) is 3.16. The summed E-state index contributed by atoms with van der Waals surface area (Å²) in [6, 6.07) is 0. The highest BCUT2D eigenvalue weighted by atomic mass is 16.4. The van der Waals surface area contributed by atoms with E-state index >= 15 is 0 Å². The van der Waals surface area contributed by atoms with Crippen LogP contribution >= 0.6 is 0 Å². The summed E-state index contributed by atoms with van der Waals surface area (Å²) in [5, 5.41) is 20.2. The zero-order valence-corrected chi connectivity index (χ0v) is 35.9. The molecule has 0 aromatic rings. The molecule has 4 bridgehead atoms. The number of fused-ring (bicyclic) bond motifs is 6. The first-order valence-corrected chi connectivity index (χ1v) is 24.1. The highest BCUT2D eigenvalue weighted by Gasteiger charge is 2.68. The number of carbonyl (C=O) groups is 4. The zero-order valence-electron chi connectivity index (χ0n) is 35.9. The maximum Gasteiger partial charge on any atom is 0.309 e. The normalized spacial score (nSPS) is 47.6. The number of carboxylic acids is 2. The van der Waals surface area contributed by atoms with Gasteiger partial charge in [0.25, 0.3) is 0 Å². The van der Waals surface area contributed by atoms with Crippen molar-refractivity contribution >= 4 is 23.5 Å². The minimum absolute atomic E-state index is 0.111. The third-order valence-corrected chi connectivity index (χ3v) is 20.6. The quantitative estimate of drug-likeness (QED) is 0.160. The molecule has 314 valence electrons. The van der Waals surface area contributed by atoms with Crippen LogP contribution in [0.15, 0.2) is 0 Å². The van der Waals surface area contributed by atoms with Gasteiger partial charge in [0.15, 0.2) is 0 Å². The Morgan fingerprint density at radius 2 is 1.12 bits per heavy atom. The van der Waals surface area contributed by atoms with Gasteiger partial charge in [-0.25, -0.2) is 0 Å². The van der Waals surface area contributed by atoms with E-state index in [1.165, 1.54) is 70.6 Å². The Morgan fingerprint density at radius 1 is 0.554 bits per heavy atom. The number of hydrogen-bond acceptors (Lipinski definition) is 4. The number of unbranched alkanes of at least 4 members (excludes halogenated alkanes) is 5. The fourth-order valence-electron chi connectivity index (χ4n) is 18.0. The van der Waals surface area contributed by atoms with Crippen molar-refractivity contribution in [2.45, 2.75) is 207 Å². The average molecular weight is 775 g/mol. The van der Waals surface area contributed by atoms with Gasteiger partial charge < -0.3 is 10.2 Å². The second-order valence-electron chi connectivity index (χ2n) is 23.4. The number of Topliss-reactive ketones (excluding diaryl/α,β-unsaturated/α-hetero) is 2. The van der Waals surface area contributed by atoms with Crippen molar-refractivity contribution in [3.05, 3.63) is 0 Å². The molecule has 0 saturated heterocycles. The van der Waals surface area contributed by atoms with Crippen molar-refractivity contribution in [2.24, 2.45) is 79.8 Å². The second-order valence-corrected chi connectivity index (χ2v) is 23.4. The standard InChI is InChI=1S/C50H78O6/c1-45-23-18-40-38-15-11-16-39(43(53)54)37(38)17-25-49(40,31-45)29-33(45)27-35(51)13-9-7-5-6-8-10-14-36(52)28-34-30-50-26-20-41-47(3,21-12-22-48(41,4)44(55)56)42(50)19-24-46(34,2)32-50/h33-34,37-42H,5-32H2,1-4H3,(H,53,54)(H,55,56)/t33-,34-,37+,38-,39-,40+,41+,42+,45+,46+,47-,48-,49+,50+/m1/s1. The van der Waals surface area contributed by atoms with Crippen molar-refractivity contribution in [1.82, 2.24) is 0 Å². The largest absolute Gasteiger partial charge is 0.481 e. The molecule has 2 spiro atoms. The van der Waals surface area contributed by atoms with E-state index in [2.05, 4.69) is 20.8 Å². The Balaban J connectivity index is 0.731. The third kappa shape index (κ3) is 6.89. The number of carboxylic acid groups (broad SMARTS) is 2. The van der Waals surface area contributed by atoms with Gasteiger partial charge in [-0.1, -0.05) is 59.3 Å². The lowest BCUT2D eigenvalue weighted by atomic mass is 9.40. The Bertz CT molecular complexity index is 1540. The minimum Gasteiger partial charge on any atom is -0.481 e. The molecule has 0 amide bonds. The zero-order chi connectivity index (χ0) is 39.7. The van der Waals surface area contributed by atoms with Crippen LogP contribution in [0.25, 0.3) is 0 Å². The Kier molecular flexibility index (Phi) is 11.0. The first-order valence-electron chi connectivity index (χ1n) is 24.1. The number of aliphatic carboxylic acids is 2. The van der Waals surface area contributed by atoms with E-state index in [1.54, 1.807) is 0 Å². The molecule has 56 heavy (non-hydrogen) atoms. The first kappa shape index (κ1) is 41.0. The lowest BCUT2D eigenvalue weighted by molar-refractivity contribution is -0.182. The van der Waals surface area contributed by atoms with Gasteiger partial charge in [-0.3, -0.25) is 19.2 Å². The summed E-state index contributed by atoms with van der Waals surface area (Å²) < 4.78 is 0. The molecule has 0 aromatic carbocycles. The van der Waals surface area contributed by atoms with Gasteiger partial charge in [0.2, 0.25) is 0 Å². The van der Waals surface area contributed by atoms with Gasteiger partial charge >= 0.3 is 11.9 Å². The SMILES string of the molecule is C[C@@]12CC[C@@H]3[C@@](CC[C@H]4[C@@]3(C)CCC[C@@]4(C)C(=O)O)(C[C@H]1CC(=O)CCCCCCCCC(=O)C[C@@H]1C[C@]34CC[C@H]5[C@@H](CCC[C@H]5C(=O)O)[C@@H]3CC[C@@]1(C)C4)C2. The Hall–Kier alpha value is -1.72. The van der Waals surface area contributed by atoms with Crippen LogP contribution in [-0.4, -0.2) is 33.7 Å². The van der Waals surface area contributed by atoms with Crippen molar-refractivity contribution in [3.8, 4) is 0 Å². The number of carbonyl (C=O) groups excluding carboxylic acids is 2. The van der Waals surface area contributed by atoms with Crippen LogP contribution in [0.3, 0.4) is 0 Å². The van der Waals surface area contributed by atoms with E-state index < -0.39 is 17.4 Å². The molecule has 8 fully saturated rings.